The Morgan fingerprint density at radius 2 is 1.86 bits per heavy atom. The molecule has 0 spiro atoms. The molecule has 0 amide bonds. The van der Waals surface area contributed by atoms with Crippen LogP contribution in [0, 0.1) is 0 Å². The summed E-state index contributed by atoms with van der Waals surface area (Å²) >= 11 is 6.27. The van der Waals surface area contributed by atoms with Crippen LogP contribution in [0.25, 0.3) is 5.69 Å². The number of anilines is 1. The number of rotatable bonds is 8. The number of halogens is 1. The van der Waals surface area contributed by atoms with Crippen molar-refractivity contribution in [3.63, 3.8) is 0 Å². The summed E-state index contributed by atoms with van der Waals surface area (Å²) in [6.45, 7) is 6.60. The van der Waals surface area contributed by atoms with Crippen LogP contribution in [0.5, 0.6) is 0 Å². The van der Waals surface area contributed by atoms with Gasteiger partial charge in [-0.1, -0.05) is 57.0 Å². The molecule has 0 aliphatic carbocycles. The third-order valence-corrected chi connectivity index (χ3v) is 6.83. The van der Waals surface area contributed by atoms with Crippen LogP contribution in [0.2, 0.25) is 5.02 Å². The van der Waals surface area contributed by atoms with Crippen molar-refractivity contribution >= 4 is 27.3 Å². The standard InChI is InChI=1S/C22H26ClN3O2S/c1-4-5-13-26(29(27,28)20-9-7-6-8-10-20)21-12-11-19(23)14-22(21)25-16-18(15-24-25)17(2)3/h6-12,14-17H,4-5,13H2,1-3H3. The third-order valence-electron chi connectivity index (χ3n) is 4.77. The molecule has 0 fully saturated rings. The van der Waals surface area contributed by atoms with Gasteiger partial charge in [0.15, 0.2) is 0 Å². The predicted molar refractivity (Wildman–Crippen MR) is 119 cm³/mol. The van der Waals surface area contributed by atoms with Gasteiger partial charge in [-0.2, -0.15) is 5.10 Å². The lowest BCUT2D eigenvalue weighted by atomic mass is 10.1. The molecule has 0 unspecified atom stereocenters. The van der Waals surface area contributed by atoms with Gasteiger partial charge in [-0.3, -0.25) is 4.31 Å². The van der Waals surface area contributed by atoms with Crippen LogP contribution in [0.3, 0.4) is 0 Å². The Balaban J connectivity index is 2.16. The summed E-state index contributed by atoms with van der Waals surface area (Å²) in [7, 11) is -3.73. The van der Waals surface area contributed by atoms with Gasteiger partial charge < -0.3 is 0 Å². The fraction of sp³-hybridized carbons (Fsp3) is 0.318. The summed E-state index contributed by atoms with van der Waals surface area (Å²) in [6, 6.07) is 13.7. The van der Waals surface area contributed by atoms with E-state index >= 15 is 0 Å². The summed E-state index contributed by atoms with van der Waals surface area (Å²) in [4.78, 5) is 0.264. The molecule has 1 aromatic heterocycles. The highest BCUT2D eigenvalue weighted by molar-refractivity contribution is 7.92. The minimum Gasteiger partial charge on any atom is -0.264 e. The molecule has 0 radical (unpaired) electrons. The van der Waals surface area contributed by atoms with E-state index in [0.29, 0.717) is 28.9 Å². The summed E-state index contributed by atoms with van der Waals surface area (Å²) in [5.41, 5.74) is 2.27. The maximum atomic E-state index is 13.5. The Morgan fingerprint density at radius 1 is 1.14 bits per heavy atom. The lowest BCUT2D eigenvalue weighted by Crippen LogP contribution is -2.33. The third kappa shape index (κ3) is 4.65. The van der Waals surface area contributed by atoms with E-state index in [1.807, 2.05) is 13.1 Å². The highest BCUT2D eigenvalue weighted by Crippen LogP contribution is 2.32. The zero-order valence-corrected chi connectivity index (χ0v) is 18.5. The molecule has 0 bridgehead atoms. The van der Waals surface area contributed by atoms with Crippen molar-refractivity contribution in [1.29, 1.82) is 0 Å². The molecule has 0 aliphatic rings. The van der Waals surface area contributed by atoms with E-state index in [1.165, 1.54) is 4.31 Å². The number of aromatic nitrogens is 2. The quantitative estimate of drug-likeness (QED) is 0.463. The summed E-state index contributed by atoms with van der Waals surface area (Å²) in [6.07, 6.45) is 5.35. The van der Waals surface area contributed by atoms with Crippen molar-refractivity contribution in [2.45, 2.75) is 44.4 Å². The Bertz CT molecular complexity index is 1060. The van der Waals surface area contributed by atoms with Crippen LogP contribution in [-0.4, -0.2) is 24.7 Å². The average Bonchev–Trinajstić information content (AvgIpc) is 3.20. The molecule has 5 nitrogen and oxygen atoms in total. The maximum Gasteiger partial charge on any atom is 0.264 e. The molecule has 7 heteroatoms. The predicted octanol–water partition coefficient (Wildman–Crippen LogP) is 5.64. The average molecular weight is 432 g/mol. The van der Waals surface area contributed by atoms with E-state index in [-0.39, 0.29) is 4.90 Å². The molecule has 29 heavy (non-hydrogen) atoms. The fourth-order valence-electron chi connectivity index (χ4n) is 3.05. The second-order valence-corrected chi connectivity index (χ2v) is 9.55. The first-order chi connectivity index (χ1) is 13.8. The van der Waals surface area contributed by atoms with Gasteiger partial charge in [0.1, 0.15) is 0 Å². The van der Waals surface area contributed by atoms with Crippen molar-refractivity contribution in [3.05, 3.63) is 71.5 Å². The number of sulfonamides is 1. The summed E-state index contributed by atoms with van der Waals surface area (Å²) in [5, 5.41) is 4.99. The van der Waals surface area contributed by atoms with Gasteiger partial charge in [-0.15, -0.1) is 0 Å². The highest BCUT2D eigenvalue weighted by atomic mass is 35.5. The normalized spacial score (nSPS) is 11.8. The van der Waals surface area contributed by atoms with Gasteiger partial charge >= 0.3 is 0 Å². The molecule has 0 N–H and O–H groups in total. The van der Waals surface area contributed by atoms with Gasteiger partial charge in [0.2, 0.25) is 0 Å². The topological polar surface area (TPSA) is 55.2 Å². The summed E-state index contributed by atoms with van der Waals surface area (Å²) < 4.78 is 30.1. The molecule has 1 heterocycles. The van der Waals surface area contributed by atoms with E-state index in [0.717, 1.165) is 18.4 Å². The number of hydrogen-bond acceptors (Lipinski definition) is 3. The van der Waals surface area contributed by atoms with E-state index in [9.17, 15) is 8.42 Å². The van der Waals surface area contributed by atoms with Crippen LogP contribution in [-0.2, 0) is 10.0 Å². The van der Waals surface area contributed by atoms with E-state index in [4.69, 9.17) is 11.6 Å². The van der Waals surface area contributed by atoms with Crippen LogP contribution in [0.1, 0.15) is 45.1 Å². The van der Waals surface area contributed by atoms with Gasteiger partial charge in [-0.25, -0.2) is 13.1 Å². The SMILES string of the molecule is CCCCN(c1ccc(Cl)cc1-n1cc(C(C)C)cn1)S(=O)(=O)c1ccccc1. The summed E-state index contributed by atoms with van der Waals surface area (Å²) in [5.74, 6) is 0.315. The van der Waals surface area contributed by atoms with E-state index in [2.05, 4.69) is 18.9 Å². The molecule has 3 rings (SSSR count). The van der Waals surface area contributed by atoms with E-state index < -0.39 is 10.0 Å². The lowest BCUT2D eigenvalue weighted by molar-refractivity contribution is 0.588. The Labute approximate surface area is 178 Å². The Hall–Kier alpha value is -2.31. The molecule has 0 atom stereocenters. The zero-order chi connectivity index (χ0) is 21.0. The monoisotopic (exact) mass is 431 g/mol. The van der Waals surface area contributed by atoms with Crippen molar-refractivity contribution in [2.24, 2.45) is 0 Å². The fourth-order valence-corrected chi connectivity index (χ4v) is 4.75. The first-order valence-electron chi connectivity index (χ1n) is 9.77. The maximum absolute atomic E-state index is 13.5. The molecule has 0 aliphatic heterocycles. The molecule has 3 aromatic rings. The smallest absolute Gasteiger partial charge is 0.264 e. The van der Waals surface area contributed by atoms with Crippen molar-refractivity contribution < 1.29 is 8.42 Å². The first-order valence-corrected chi connectivity index (χ1v) is 11.6. The molecule has 0 saturated heterocycles. The van der Waals surface area contributed by atoms with Crippen molar-refractivity contribution in [1.82, 2.24) is 9.78 Å². The van der Waals surface area contributed by atoms with Crippen molar-refractivity contribution in [2.75, 3.05) is 10.8 Å². The van der Waals surface area contributed by atoms with Crippen molar-refractivity contribution in [3.8, 4) is 5.69 Å². The largest absolute Gasteiger partial charge is 0.264 e. The molecule has 0 saturated carbocycles. The second-order valence-electron chi connectivity index (χ2n) is 7.25. The zero-order valence-electron chi connectivity index (χ0n) is 16.9. The van der Waals surface area contributed by atoms with Gasteiger partial charge in [0.25, 0.3) is 10.0 Å². The Kier molecular flexibility index (Phi) is 6.65. The highest BCUT2D eigenvalue weighted by Gasteiger charge is 2.27. The second kappa shape index (κ2) is 9.01. The molecular formula is C22H26ClN3O2S. The molecule has 2 aromatic carbocycles. The van der Waals surface area contributed by atoms with Gasteiger partial charge in [-0.05, 0) is 48.2 Å². The Morgan fingerprint density at radius 3 is 2.48 bits per heavy atom. The van der Waals surface area contributed by atoms with E-state index in [1.54, 1.807) is 59.4 Å². The molecular weight excluding hydrogens is 406 g/mol. The number of nitrogens with zero attached hydrogens (tertiary/aromatic N) is 3. The number of hydrogen-bond donors (Lipinski definition) is 0. The minimum atomic E-state index is -3.73. The van der Waals surface area contributed by atoms with Gasteiger partial charge in [0, 0.05) is 17.8 Å². The number of unbranched alkanes of at least 4 members (excludes halogenated alkanes) is 1. The van der Waals surface area contributed by atoms with Crippen LogP contribution >= 0.6 is 11.6 Å². The molecule has 154 valence electrons. The minimum absolute atomic E-state index is 0.264. The van der Waals surface area contributed by atoms with Crippen LogP contribution < -0.4 is 4.31 Å². The first kappa shape index (κ1) is 21.4. The lowest BCUT2D eigenvalue weighted by Gasteiger charge is -2.26. The van der Waals surface area contributed by atoms with Crippen LogP contribution in [0.4, 0.5) is 5.69 Å². The van der Waals surface area contributed by atoms with Crippen LogP contribution in [0.15, 0.2) is 65.8 Å². The number of benzene rings is 2. The van der Waals surface area contributed by atoms with Gasteiger partial charge in [0.05, 0.1) is 22.5 Å².